The molecule has 0 bridgehead atoms. The Bertz CT molecular complexity index is 876. The van der Waals surface area contributed by atoms with Gasteiger partial charge in [-0.2, -0.15) is 0 Å². The minimum Gasteiger partial charge on any atom is -0.484 e. The highest BCUT2D eigenvalue weighted by Crippen LogP contribution is 2.39. The number of benzene rings is 1. The first-order valence-electron chi connectivity index (χ1n) is 9.20. The second-order valence-electron chi connectivity index (χ2n) is 7.38. The Labute approximate surface area is 151 Å². The van der Waals surface area contributed by atoms with E-state index in [1.807, 2.05) is 0 Å². The van der Waals surface area contributed by atoms with Crippen LogP contribution < -0.4 is 10.4 Å². The van der Waals surface area contributed by atoms with E-state index in [1.54, 1.807) is 29.2 Å². The molecule has 1 saturated heterocycles. The van der Waals surface area contributed by atoms with Crippen LogP contribution >= 0.6 is 0 Å². The second kappa shape index (κ2) is 6.76. The van der Waals surface area contributed by atoms with Gasteiger partial charge >= 0.3 is 5.63 Å². The van der Waals surface area contributed by atoms with Crippen LogP contribution in [-0.4, -0.2) is 41.2 Å². The number of fused-ring (bicyclic) bond motifs is 2. The summed E-state index contributed by atoms with van der Waals surface area (Å²) in [5, 5.41) is 11.5. The van der Waals surface area contributed by atoms with Crippen molar-refractivity contribution in [3.63, 3.8) is 0 Å². The van der Waals surface area contributed by atoms with Crippen LogP contribution in [0.3, 0.4) is 0 Å². The predicted molar refractivity (Wildman–Crippen MR) is 96.1 cm³/mol. The Morgan fingerprint density at radius 1 is 1.27 bits per heavy atom. The molecule has 6 heteroatoms. The van der Waals surface area contributed by atoms with E-state index in [-0.39, 0.29) is 18.4 Å². The summed E-state index contributed by atoms with van der Waals surface area (Å²) in [6, 6.07) is 8.23. The maximum absolute atomic E-state index is 12.5. The first kappa shape index (κ1) is 17.1. The number of hydrogen-bond donors (Lipinski definition) is 1. The number of rotatable bonds is 3. The molecule has 0 radical (unpaired) electrons. The van der Waals surface area contributed by atoms with Crippen LogP contribution in [0.15, 0.2) is 39.5 Å². The summed E-state index contributed by atoms with van der Waals surface area (Å²) in [5.41, 5.74) is -0.571. The molecular formula is C20H23NO5. The third kappa shape index (κ3) is 3.33. The Morgan fingerprint density at radius 3 is 3.00 bits per heavy atom. The summed E-state index contributed by atoms with van der Waals surface area (Å²) in [7, 11) is 0. The number of aliphatic hydroxyl groups is 1. The van der Waals surface area contributed by atoms with E-state index in [9.17, 15) is 14.7 Å². The van der Waals surface area contributed by atoms with Crippen molar-refractivity contribution < 1.29 is 19.1 Å². The molecule has 4 rings (SSSR count). The monoisotopic (exact) mass is 357 g/mol. The van der Waals surface area contributed by atoms with E-state index in [4.69, 9.17) is 9.15 Å². The maximum Gasteiger partial charge on any atom is 0.336 e. The van der Waals surface area contributed by atoms with E-state index in [0.717, 1.165) is 31.1 Å². The number of carbonyl (C=O) groups is 1. The van der Waals surface area contributed by atoms with Gasteiger partial charge in [-0.25, -0.2) is 4.79 Å². The topological polar surface area (TPSA) is 80.0 Å². The van der Waals surface area contributed by atoms with Gasteiger partial charge in [0.25, 0.3) is 5.91 Å². The van der Waals surface area contributed by atoms with Gasteiger partial charge in [0, 0.05) is 36.5 Å². The van der Waals surface area contributed by atoms with Crippen LogP contribution in [0, 0.1) is 5.92 Å². The summed E-state index contributed by atoms with van der Waals surface area (Å²) in [6.45, 7) is 1.11. The van der Waals surface area contributed by atoms with Gasteiger partial charge in [-0.1, -0.05) is 12.8 Å². The molecule has 0 unspecified atom stereocenters. The van der Waals surface area contributed by atoms with Crippen LogP contribution in [-0.2, 0) is 4.79 Å². The lowest BCUT2D eigenvalue weighted by Crippen LogP contribution is -2.55. The molecule has 1 aromatic heterocycles. The molecule has 2 fully saturated rings. The number of nitrogens with zero attached hydrogens (tertiary/aromatic N) is 1. The Balaban J connectivity index is 1.39. The normalized spacial score (nSPS) is 25.7. The molecule has 2 aromatic rings. The number of likely N-dealkylation sites (tertiary alicyclic amines) is 1. The van der Waals surface area contributed by atoms with E-state index in [1.165, 1.54) is 6.07 Å². The van der Waals surface area contributed by atoms with Crippen molar-refractivity contribution in [3.05, 3.63) is 40.8 Å². The molecule has 26 heavy (non-hydrogen) atoms. The van der Waals surface area contributed by atoms with Crippen LogP contribution in [0.5, 0.6) is 5.75 Å². The fourth-order valence-corrected chi connectivity index (χ4v) is 4.16. The van der Waals surface area contributed by atoms with E-state index >= 15 is 0 Å². The molecule has 1 amide bonds. The first-order valence-corrected chi connectivity index (χ1v) is 9.20. The van der Waals surface area contributed by atoms with Crippen molar-refractivity contribution in [1.29, 1.82) is 0 Å². The molecule has 1 aliphatic carbocycles. The highest BCUT2D eigenvalue weighted by atomic mass is 16.5. The van der Waals surface area contributed by atoms with E-state index in [2.05, 4.69) is 0 Å². The van der Waals surface area contributed by atoms with Crippen molar-refractivity contribution in [2.75, 3.05) is 19.7 Å². The smallest absolute Gasteiger partial charge is 0.336 e. The largest absolute Gasteiger partial charge is 0.484 e. The molecule has 2 heterocycles. The van der Waals surface area contributed by atoms with Gasteiger partial charge in [0.2, 0.25) is 0 Å². The Morgan fingerprint density at radius 2 is 2.12 bits per heavy atom. The minimum absolute atomic E-state index is 0.0618. The van der Waals surface area contributed by atoms with Gasteiger partial charge in [-0.3, -0.25) is 4.79 Å². The van der Waals surface area contributed by atoms with Gasteiger partial charge in [-0.15, -0.1) is 0 Å². The standard InChI is InChI=1S/C20H23NO5/c22-18(21-10-9-20(24)8-2-1-3-15(20)12-21)13-25-16-6-4-14-5-7-19(23)26-17(14)11-16/h4-7,11,15,24H,1-3,8-10,12-13H2/t15-,20+/m0/s1. The number of amides is 1. The highest BCUT2D eigenvalue weighted by Gasteiger charge is 2.43. The third-order valence-electron chi connectivity index (χ3n) is 5.74. The lowest BCUT2D eigenvalue weighted by Gasteiger charge is -2.47. The van der Waals surface area contributed by atoms with Crippen molar-refractivity contribution in [1.82, 2.24) is 4.90 Å². The number of carbonyl (C=O) groups excluding carboxylic acids is 1. The molecule has 1 N–H and O–H groups in total. The molecule has 1 saturated carbocycles. The van der Waals surface area contributed by atoms with Crippen molar-refractivity contribution >= 4 is 16.9 Å². The second-order valence-corrected chi connectivity index (χ2v) is 7.38. The predicted octanol–water partition coefficient (Wildman–Crippen LogP) is 2.33. The number of ether oxygens (including phenoxy) is 1. The molecule has 2 aliphatic rings. The van der Waals surface area contributed by atoms with Gasteiger partial charge in [0.05, 0.1) is 5.60 Å². The van der Waals surface area contributed by atoms with Crippen molar-refractivity contribution in [3.8, 4) is 5.75 Å². The average molecular weight is 357 g/mol. The summed E-state index contributed by atoms with van der Waals surface area (Å²) in [5.74, 6) is 0.586. The van der Waals surface area contributed by atoms with Gasteiger partial charge in [0.15, 0.2) is 6.61 Å². The SMILES string of the molecule is O=C(COc1ccc2ccc(=O)oc2c1)N1CC[C@]2(O)CCCC[C@H]2C1. The lowest BCUT2D eigenvalue weighted by molar-refractivity contribution is -0.145. The zero-order chi connectivity index (χ0) is 18.1. The fraction of sp³-hybridized carbons (Fsp3) is 0.500. The zero-order valence-electron chi connectivity index (χ0n) is 14.6. The number of hydrogen-bond acceptors (Lipinski definition) is 5. The fourth-order valence-electron chi connectivity index (χ4n) is 4.16. The Kier molecular flexibility index (Phi) is 4.44. The van der Waals surface area contributed by atoms with Gasteiger partial charge < -0.3 is 19.2 Å². The summed E-state index contributed by atoms with van der Waals surface area (Å²) in [4.78, 5) is 25.6. The molecular weight excluding hydrogens is 334 g/mol. The Hall–Kier alpha value is -2.34. The number of piperidine rings is 1. The highest BCUT2D eigenvalue weighted by molar-refractivity contribution is 5.79. The summed E-state index contributed by atoms with van der Waals surface area (Å²) in [6.07, 6.45) is 4.66. The molecule has 1 aliphatic heterocycles. The quantitative estimate of drug-likeness (QED) is 0.853. The van der Waals surface area contributed by atoms with Gasteiger partial charge in [0.1, 0.15) is 11.3 Å². The van der Waals surface area contributed by atoms with Crippen LogP contribution in [0.4, 0.5) is 0 Å². The summed E-state index contributed by atoms with van der Waals surface area (Å²) >= 11 is 0. The van der Waals surface area contributed by atoms with E-state index < -0.39 is 11.2 Å². The van der Waals surface area contributed by atoms with E-state index in [0.29, 0.717) is 30.8 Å². The van der Waals surface area contributed by atoms with Crippen LogP contribution in [0.2, 0.25) is 0 Å². The lowest BCUT2D eigenvalue weighted by atomic mass is 9.71. The molecule has 1 aromatic carbocycles. The zero-order valence-corrected chi connectivity index (χ0v) is 14.6. The van der Waals surface area contributed by atoms with Crippen LogP contribution in [0.1, 0.15) is 32.1 Å². The maximum atomic E-state index is 12.5. The third-order valence-corrected chi connectivity index (χ3v) is 5.74. The average Bonchev–Trinajstić information content (AvgIpc) is 2.65. The molecule has 6 nitrogen and oxygen atoms in total. The summed E-state index contributed by atoms with van der Waals surface area (Å²) < 4.78 is 10.8. The van der Waals surface area contributed by atoms with Gasteiger partial charge in [-0.05, 0) is 37.5 Å². The molecule has 2 atom stereocenters. The molecule has 138 valence electrons. The first-order chi connectivity index (χ1) is 12.5. The van der Waals surface area contributed by atoms with Crippen molar-refractivity contribution in [2.24, 2.45) is 5.92 Å². The van der Waals surface area contributed by atoms with Crippen molar-refractivity contribution in [2.45, 2.75) is 37.7 Å². The van der Waals surface area contributed by atoms with Crippen LogP contribution in [0.25, 0.3) is 11.0 Å². The minimum atomic E-state index is -0.591. The molecule has 0 spiro atoms.